The molecule has 134 valence electrons. The van der Waals surface area contributed by atoms with E-state index in [1.54, 1.807) is 47.5 Å². The van der Waals surface area contributed by atoms with Gasteiger partial charge in [-0.05, 0) is 31.5 Å². The largest absolute Gasteiger partial charge is 0.344 e. The highest BCUT2D eigenvalue weighted by Gasteiger charge is 2.17. The van der Waals surface area contributed by atoms with Crippen LogP contribution in [-0.2, 0) is 7.05 Å². The molecular formula is C19H20N4O2S. The second-order valence-electron chi connectivity index (χ2n) is 6.15. The van der Waals surface area contributed by atoms with Crippen LogP contribution in [0.15, 0.2) is 35.8 Å². The van der Waals surface area contributed by atoms with E-state index >= 15 is 0 Å². The van der Waals surface area contributed by atoms with Crippen molar-refractivity contribution >= 4 is 23.0 Å². The number of nitrogens with one attached hydrogen (secondary N) is 1. The highest BCUT2D eigenvalue weighted by molar-refractivity contribution is 7.09. The zero-order valence-corrected chi connectivity index (χ0v) is 15.9. The molecular weight excluding hydrogens is 348 g/mol. The van der Waals surface area contributed by atoms with E-state index in [0.717, 1.165) is 21.8 Å². The third-order valence-electron chi connectivity index (χ3n) is 4.14. The minimum atomic E-state index is -0.182. The lowest BCUT2D eigenvalue weighted by Gasteiger charge is -2.12. The Kier molecular flexibility index (Phi) is 4.99. The number of Topliss-reactive ketones (excluding diaryl/α,β-unsaturated/α-hetero) is 1. The van der Waals surface area contributed by atoms with Crippen LogP contribution < -0.4 is 5.32 Å². The number of rotatable bonds is 5. The van der Waals surface area contributed by atoms with Crippen LogP contribution in [0.1, 0.15) is 51.4 Å². The van der Waals surface area contributed by atoms with Crippen molar-refractivity contribution in [1.29, 1.82) is 0 Å². The van der Waals surface area contributed by atoms with Crippen LogP contribution in [0.4, 0.5) is 0 Å². The van der Waals surface area contributed by atoms with Crippen molar-refractivity contribution in [2.45, 2.75) is 26.8 Å². The topological polar surface area (TPSA) is 76.9 Å². The van der Waals surface area contributed by atoms with E-state index in [1.165, 1.54) is 6.92 Å². The lowest BCUT2D eigenvalue weighted by Crippen LogP contribution is -2.26. The Labute approximate surface area is 155 Å². The summed E-state index contributed by atoms with van der Waals surface area (Å²) in [5, 5.41) is 10.1. The zero-order valence-electron chi connectivity index (χ0n) is 15.1. The number of hydrogen-bond donors (Lipinski definition) is 1. The van der Waals surface area contributed by atoms with Crippen LogP contribution >= 0.6 is 11.3 Å². The Hall–Kier alpha value is -2.80. The third-order valence-corrected chi connectivity index (χ3v) is 4.93. The van der Waals surface area contributed by atoms with E-state index in [-0.39, 0.29) is 17.7 Å². The van der Waals surface area contributed by atoms with E-state index < -0.39 is 0 Å². The number of amides is 1. The molecule has 0 aliphatic carbocycles. The molecule has 6 nitrogen and oxygen atoms in total. The molecule has 3 aromatic rings. The molecule has 26 heavy (non-hydrogen) atoms. The summed E-state index contributed by atoms with van der Waals surface area (Å²) >= 11 is 1.56. The van der Waals surface area contributed by atoms with Crippen LogP contribution in [0.2, 0.25) is 0 Å². The van der Waals surface area contributed by atoms with Crippen molar-refractivity contribution in [3.8, 4) is 11.1 Å². The van der Waals surface area contributed by atoms with Gasteiger partial charge in [0.2, 0.25) is 0 Å². The fraction of sp³-hybridized carbons (Fsp3) is 0.263. The van der Waals surface area contributed by atoms with Gasteiger partial charge in [-0.25, -0.2) is 4.98 Å². The van der Waals surface area contributed by atoms with E-state index in [4.69, 9.17) is 0 Å². The summed E-state index contributed by atoms with van der Waals surface area (Å²) < 4.78 is 1.55. The Morgan fingerprint density at radius 2 is 2.08 bits per heavy atom. The van der Waals surface area contributed by atoms with Crippen LogP contribution in [0.5, 0.6) is 0 Å². The maximum Gasteiger partial charge on any atom is 0.251 e. The lowest BCUT2D eigenvalue weighted by atomic mass is 10.0. The first-order valence-corrected chi connectivity index (χ1v) is 9.11. The number of ketones is 1. The van der Waals surface area contributed by atoms with Gasteiger partial charge in [-0.15, -0.1) is 11.3 Å². The van der Waals surface area contributed by atoms with Crippen molar-refractivity contribution in [1.82, 2.24) is 20.1 Å². The molecule has 0 fully saturated rings. The van der Waals surface area contributed by atoms with Gasteiger partial charge in [0.05, 0.1) is 22.9 Å². The summed E-state index contributed by atoms with van der Waals surface area (Å²) in [4.78, 5) is 28.9. The fourth-order valence-electron chi connectivity index (χ4n) is 2.83. The van der Waals surface area contributed by atoms with Gasteiger partial charge in [0, 0.05) is 30.5 Å². The van der Waals surface area contributed by atoms with Crippen molar-refractivity contribution in [3.05, 3.63) is 57.8 Å². The van der Waals surface area contributed by atoms with Crippen molar-refractivity contribution in [2.24, 2.45) is 7.05 Å². The number of carbonyl (C=O) groups excluding carboxylic acids is 2. The number of carbonyl (C=O) groups is 2. The SMILES string of the molecule is CC(=O)c1c(-c2cccc(C(=O)NC(C)c3csc(C)n3)c2)cnn1C. The molecule has 7 heteroatoms. The molecule has 1 atom stereocenters. The first-order valence-electron chi connectivity index (χ1n) is 8.23. The average Bonchev–Trinajstić information content (AvgIpc) is 3.20. The Balaban J connectivity index is 1.85. The second-order valence-corrected chi connectivity index (χ2v) is 7.22. The minimum absolute atomic E-state index is 0.0672. The minimum Gasteiger partial charge on any atom is -0.344 e. The van der Waals surface area contributed by atoms with Crippen LogP contribution in [0.3, 0.4) is 0 Å². The molecule has 0 radical (unpaired) electrons. The quantitative estimate of drug-likeness (QED) is 0.699. The summed E-state index contributed by atoms with van der Waals surface area (Å²) in [7, 11) is 1.73. The third kappa shape index (κ3) is 3.57. The Morgan fingerprint density at radius 1 is 1.31 bits per heavy atom. The van der Waals surface area contributed by atoms with Crippen molar-refractivity contribution < 1.29 is 9.59 Å². The van der Waals surface area contributed by atoms with Crippen LogP contribution in [-0.4, -0.2) is 26.5 Å². The van der Waals surface area contributed by atoms with E-state index in [2.05, 4.69) is 15.4 Å². The summed E-state index contributed by atoms with van der Waals surface area (Å²) in [6.07, 6.45) is 1.65. The molecule has 0 saturated carbocycles. The summed E-state index contributed by atoms with van der Waals surface area (Å²) in [6.45, 7) is 5.35. The zero-order chi connectivity index (χ0) is 18.8. The smallest absolute Gasteiger partial charge is 0.251 e. The first kappa shape index (κ1) is 18.0. The molecule has 1 N–H and O–H groups in total. The summed E-state index contributed by atoms with van der Waals surface area (Å²) in [5.41, 5.74) is 3.41. The van der Waals surface area contributed by atoms with Crippen molar-refractivity contribution in [2.75, 3.05) is 0 Å². The second kappa shape index (κ2) is 7.21. The molecule has 0 saturated heterocycles. The molecule has 1 unspecified atom stereocenters. The number of thiazole rings is 1. The van der Waals surface area contributed by atoms with Crippen molar-refractivity contribution in [3.63, 3.8) is 0 Å². The first-order chi connectivity index (χ1) is 12.4. The molecule has 2 heterocycles. The number of benzene rings is 1. The Bertz CT molecular complexity index is 974. The number of nitrogens with zero attached hydrogens (tertiary/aromatic N) is 3. The molecule has 2 aromatic heterocycles. The molecule has 3 rings (SSSR count). The van der Waals surface area contributed by atoms with Crippen LogP contribution in [0, 0.1) is 6.92 Å². The molecule has 0 aliphatic heterocycles. The number of hydrogen-bond acceptors (Lipinski definition) is 5. The molecule has 0 aliphatic rings. The highest BCUT2D eigenvalue weighted by Crippen LogP contribution is 2.25. The van der Waals surface area contributed by atoms with Gasteiger partial charge in [-0.2, -0.15) is 5.10 Å². The summed E-state index contributed by atoms with van der Waals surface area (Å²) in [5.74, 6) is -0.249. The van der Waals surface area contributed by atoms with E-state index in [0.29, 0.717) is 11.3 Å². The van der Waals surface area contributed by atoms with Gasteiger partial charge < -0.3 is 5.32 Å². The standard InChI is InChI=1S/C19H20N4O2S/c1-11(17-10-26-13(3)22-17)21-19(25)15-7-5-6-14(8-15)16-9-20-23(4)18(16)12(2)24/h5-11H,1-4H3,(H,21,25). The molecule has 1 aromatic carbocycles. The molecule has 0 spiro atoms. The van der Waals surface area contributed by atoms with Gasteiger partial charge >= 0.3 is 0 Å². The average molecular weight is 368 g/mol. The number of aromatic nitrogens is 3. The monoisotopic (exact) mass is 368 g/mol. The lowest BCUT2D eigenvalue weighted by molar-refractivity contribution is 0.0938. The van der Waals surface area contributed by atoms with Gasteiger partial charge in [0.15, 0.2) is 5.78 Å². The van der Waals surface area contributed by atoms with Crippen LogP contribution in [0.25, 0.3) is 11.1 Å². The molecule has 1 amide bonds. The maximum atomic E-state index is 12.6. The predicted octanol–water partition coefficient (Wildman–Crippen LogP) is 3.55. The summed E-state index contributed by atoms with van der Waals surface area (Å²) in [6, 6.07) is 7.02. The predicted molar refractivity (Wildman–Crippen MR) is 101 cm³/mol. The fourth-order valence-corrected chi connectivity index (χ4v) is 3.53. The molecule has 0 bridgehead atoms. The number of aryl methyl sites for hydroxylation is 2. The van der Waals surface area contributed by atoms with Gasteiger partial charge in [0.25, 0.3) is 5.91 Å². The van der Waals surface area contributed by atoms with E-state index in [1.807, 2.05) is 25.3 Å². The highest BCUT2D eigenvalue weighted by atomic mass is 32.1. The van der Waals surface area contributed by atoms with Gasteiger partial charge in [-0.3, -0.25) is 14.3 Å². The maximum absolute atomic E-state index is 12.6. The Morgan fingerprint density at radius 3 is 2.73 bits per heavy atom. The van der Waals surface area contributed by atoms with E-state index in [9.17, 15) is 9.59 Å². The van der Waals surface area contributed by atoms with Gasteiger partial charge in [-0.1, -0.05) is 12.1 Å². The normalized spacial score (nSPS) is 12.0. The van der Waals surface area contributed by atoms with Gasteiger partial charge in [0.1, 0.15) is 5.69 Å².